The monoisotopic (exact) mass is 307 g/mol. The van der Waals surface area contributed by atoms with Gasteiger partial charge in [0.1, 0.15) is 16.5 Å². The highest BCUT2D eigenvalue weighted by atomic mass is 35.5. The Bertz CT molecular complexity index is 648. The predicted molar refractivity (Wildman–Crippen MR) is 80.9 cm³/mol. The fraction of sp³-hybridized carbons (Fsp3) is 0.143. The average molecular weight is 308 g/mol. The van der Waals surface area contributed by atoms with E-state index in [0.717, 1.165) is 11.3 Å². The van der Waals surface area contributed by atoms with Crippen LogP contribution in [0.1, 0.15) is 12.5 Å². The molecule has 7 heteroatoms. The van der Waals surface area contributed by atoms with Crippen LogP contribution in [0.25, 0.3) is 6.08 Å². The number of nitrogens with two attached hydrogens (primary N) is 1. The van der Waals surface area contributed by atoms with E-state index in [1.54, 1.807) is 30.3 Å². The molecule has 0 fully saturated rings. The molecule has 1 aromatic rings. The summed E-state index contributed by atoms with van der Waals surface area (Å²) in [5.41, 5.74) is 6.49. The van der Waals surface area contributed by atoms with E-state index >= 15 is 0 Å². The quantitative estimate of drug-likeness (QED) is 0.738. The molecule has 4 N–H and O–H groups in total. The minimum atomic E-state index is -1.18. The summed E-state index contributed by atoms with van der Waals surface area (Å²) < 4.78 is 5.34. The Kier molecular flexibility index (Phi) is 4.49. The van der Waals surface area contributed by atoms with Gasteiger partial charge in [0.2, 0.25) is 0 Å². The third kappa shape index (κ3) is 3.55. The number of carboxylic acid groups (broad SMARTS) is 1. The molecule has 0 radical (unpaired) electrons. The van der Waals surface area contributed by atoms with Crippen molar-refractivity contribution in [3.63, 3.8) is 0 Å². The van der Waals surface area contributed by atoms with Crippen LogP contribution in [-0.4, -0.2) is 23.6 Å². The van der Waals surface area contributed by atoms with Gasteiger partial charge in [-0.2, -0.15) is 0 Å². The molecule has 6 nitrogen and oxygen atoms in total. The second-order valence-electron chi connectivity index (χ2n) is 4.15. The molecule has 1 aliphatic rings. The van der Waals surface area contributed by atoms with Crippen molar-refractivity contribution in [1.29, 1.82) is 0 Å². The van der Waals surface area contributed by atoms with E-state index in [4.69, 9.17) is 22.1 Å². The highest BCUT2D eigenvalue weighted by Crippen LogP contribution is 2.24. The van der Waals surface area contributed by atoms with Crippen LogP contribution in [0.2, 0.25) is 0 Å². The Morgan fingerprint density at radius 1 is 1.48 bits per heavy atom. The molecule has 0 aromatic heterocycles. The number of carboxylic acids is 1. The maximum absolute atomic E-state index is 11.3. The van der Waals surface area contributed by atoms with Gasteiger partial charge < -0.3 is 20.9 Å². The van der Waals surface area contributed by atoms with Crippen LogP contribution < -0.4 is 15.8 Å². The van der Waals surface area contributed by atoms with Gasteiger partial charge in [0.25, 0.3) is 0 Å². The Labute approximate surface area is 126 Å². The number of rotatable bonds is 4. The molecule has 0 saturated heterocycles. The Morgan fingerprint density at radius 3 is 2.71 bits per heavy atom. The number of hydrogen-bond acceptors (Lipinski definition) is 5. The Hall–Kier alpha value is -2.47. The molecular weight excluding hydrogens is 294 g/mol. The summed E-state index contributed by atoms with van der Waals surface area (Å²) in [4.78, 5) is 15.0. The van der Waals surface area contributed by atoms with Gasteiger partial charge in [-0.15, -0.1) is 0 Å². The standard InChI is InChI=1S/C14H14ClN3O3/c1-2-21-9-5-3-8(4-6-9)7-10-11(13(19)20)12(15)18-14(16)17-10/h3-7H,2H2,1H3,(H,19,20)(H3,16,17,18). The van der Waals surface area contributed by atoms with Crippen molar-refractivity contribution in [1.82, 2.24) is 5.32 Å². The van der Waals surface area contributed by atoms with Crippen LogP contribution in [0.15, 0.2) is 45.7 Å². The summed E-state index contributed by atoms with van der Waals surface area (Å²) in [5, 5.41) is 11.7. The first-order chi connectivity index (χ1) is 10.0. The van der Waals surface area contributed by atoms with Gasteiger partial charge >= 0.3 is 5.97 Å². The van der Waals surface area contributed by atoms with Crippen molar-refractivity contribution in [2.45, 2.75) is 6.92 Å². The average Bonchev–Trinajstić information content (AvgIpc) is 2.40. The topological polar surface area (TPSA) is 96.9 Å². The highest BCUT2D eigenvalue weighted by Gasteiger charge is 2.23. The van der Waals surface area contributed by atoms with Gasteiger partial charge in [0, 0.05) is 0 Å². The van der Waals surface area contributed by atoms with E-state index in [0.29, 0.717) is 6.61 Å². The summed E-state index contributed by atoms with van der Waals surface area (Å²) in [6.45, 7) is 2.48. The molecule has 0 bridgehead atoms. The number of guanidine groups is 1. The first-order valence-electron chi connectivity index (χ1n) is 6.20. The second-order valence-corrected chi connectivity index (χ2v) is 4.51. The molecular formula is C14H14ClN3O3. The van der Waals surface area contributed by atoms with Crippen molar-refractivity contribution < 1.29 is 14.6 Å². The van der Waals surface area contributed by atoms with Crippen molar-refractivity contribution in [3.8, 4) is 5.75 Å². The van der Waals surface area contributed by atoms with E-state index in [1.165, 1.54) is 0 Å². The van der Waals surface area contributed by atoms with E-state index in [2.05, 4.69) is 10.3 Å². The first kappa shape index (κ1) is 14.9. The molecule has 0 aliphatic carbocycles. The van der Waals surface area contributed by atoms with Gasteiger partial charge in [0.05, 0.1) is 12.3 Å². The Balaban J connectivity index is 2.35. The molecule has 0 amide bonds. The lowest BCUT2D eigenvalue weighted by atomic mass is 10.1. The SMILES string of the molecule is CCOc1ccc(C=C2NC(N)=NC(Cl)=C2C(=O)O)cc1. The summed E-state index contributed by atoms with van der Waals surface area (Å²) >= 11 is 5.83. The molecule has 0 atom stereocenters. The van der Waals surface area contributed by atoms with Crippen molar-refractivity contribution in [2.75, 3.05) is 6.61 Å². The second kappa shape index (κ2) is 6.32. The molecule has 1 aromatic carbocycles. The molecule has 0 unspecified atom stereocenters. The fourth-order valence-corrected chi connectivity index (χ4v) is 2.08. The van der Waals surface area contributed by atoms with Crippen LogP contribution in [-0.2, 0) is 4.79 Å². The summed E-state index contributed by atoms with van der Waals surface area (Å²) in [7, 11) is 0. The van der Waals surface area contributed by atoms with Crippen molar-refractivity contribution >= 4 is 29.6 Å². The van der Waals surface area contributed by atoms with Crippen LogP contribution in [0, 0.1) is 0 Å². The molecule has 2 rings (SSSR count). The molecule has 1 aliphatic heterocycles. The van der Waals surface area contributed by atoms with E-state index in [-0.39, 0.29) is 22.4 Å². The number of ether oxygens (including phenoxy) is 1. The lowest BCUT2D eigenvalue weighted by molar-refractivity contribution is -0.132. The minimum absolute atomic E-state index is 0.0437. The molecule has 0 spiro atoms. The number of hydrogen-bond donors (Lipinski definition) is 3. The van der Waals surface area contributed by atoms with E-state index in [9.17, 15) is 9.90 Å². The van der Waals surface area contributed by atoms with Gasteiger partial charge in [0.15, 0.2) is 5.96 Å². The predicted octanol–water partition coefficient (Wildman–Crippen LogP) is 1.88. The summed E-state index contributed by atoms with van der Waals surface area (Å²) in [6, 6.07) is 7.19. The van der Waals surface area contributed by atoms with E-state index in [1.807, 2.05) is 6.92 Å². The van der Waals surface area contributed by atoms with Crippen LogP contribution in [0.4, 0.5) is 0 Å². The number of aliphatic imine (C=N–C) groups is 1. The Morgan fingerprint density at radius 2 is 2.14 bits per heavy atom. The van der Waals surface area contributed by atoms with Gasteiger partial charge in [-0.25, -0.2) is 9.79 Å². The summed E-state index contributed by atoms with van der Waals surface area (Å²) in [5.74, 6) is -0.396. The van der Waals surface area contributed by atoms with Gasteiger partial charge in [-0.1, -0.05) is 23.7 Å². The van der Waals surface area contributed by atoms with Crippen molar-refractivity contribution in [2.24, 2.45) is 10.7 Å². The number of benzene rings is 1. The zero-order valence-corrected chi connectivity index (χ0v) is 12.0. The van der Waals surface area contributed by atoms with Gasteiger partial charge in [-0.05, 0) is 30.7 Å². The molecule has 0 saturated carbocycles. The maximum Gasteiger partial charge on any atom is 0.340 e. The molecule has 110 valence electrons. The number of nitrogens with zero attached hydrogens (tertiary/aromatic N) is 1. The van der Waals surface area contributed by atoms with Crippen LogP contribution in [0.5, 0.6) is 5.75 Å². The zero-order chi connectivity index (χ0) is 15.4. The first-order valence-corrected chi connectivity index (χ1v) is 6.58. The summed E-state index contributed by atoms with van der Waals surface area (Å²) in [6.07, 6.45) is 1.63. The third-order valence-corrected chi connectivity index (χ3v) is 2.95. The molecule has 21 heavy (non-hydrogen) atoms. The number of aliphatic carboxylic acids is 1. The number of halogens is 1. The van der Waals surface area contributed by atoms with Gasteiger partial charge in [-0.3, -0.25) is 0 Å². The largest absolute Gasteiger partial charge is 0.494 e. The lowest BCUT2D eigenvalue weighted by Gasteiger charge is -2.16. The fourth-order valence-electron chi connectivity index (χ4n) is 1.81. The van der Waals surface area contributed by atoms with Crippen molar-refractivity contribution in [3.05, 3.63) is 46.3 Å². The number of carbonyl (C=O) groups is 1. The highest BCUT2D eigenvalue weighted by molar-refractivity contribution is 6.33. The smallest absolute Gasteiger partial charge is 0.340 e. The maximum atomic E-state index is 11.3. The van der Waals surface area contributed by atoms with Crippen LogP contribution >= 0.6 is 11.6 Å². The lowest BCUT2D eigenvalue weighted by Crippen LogP contribution is -2.35. The van der Waals surface area contributed by atoms with E-state index < -0.39 is 5.97 Å². The van der Waals surface area contributed by atoms with Crippen LogP contribution in [0.3, 0.4) is 0 Å². The normalized spacial score (nSPS) is 16.5. The number of nitrogens with one attached hydrogen (secondary N) is 1. The zero-order valence-electron chi connectivity index (χ0n) is 11.3. The minimum Gasteiger partial charge on any atom is -0.494 e. The third-order valence-electron chi connectivity index (χ3n) is 2.67. The molecule has 1 heterocycles.